The van der Waals surface area contributed by atoms with Gasteiger partial charge in [-0.05, 0) is 74.7 Å². The van der Waals surface area contributed by atoms with Crippen molar-refractivity contribution in [1.29, 1.82) is 0 Å². The highest BCUT2D eigenvalue weighted by Gasteiger charge is 2.13. The number of hydrogen-bond donors (Lipinski definition) is 2. The van der Waals surface area contributed by atoms with E-state index in [1.165, 1.54) is 31.5 Å². The van der Waals surface area contributed by atoms with Crippen molar-refractivity contribution in [3.8, 4) is 0 Å². The molecule has 0 spiro atoms. The minimum atomic E-state index is -0.118. The van der Waals surface area contributed by atoms with E-state index in [-0.39, 0.29) is 5.91 Å². The van der Waals surface area contributed by atoms with Crippen LogP contribution in [0, 0.1) is 6.92 Å². The van der Waals surface area contributed by atoms with Crippen molar-refractivity contribution >= 4 is 22.5 Å². The van der Waals surface area contributed by atoms with Gasteiger partial charge < -0.3 is 10.2 Å². The van der Waals surface area contributed by atoms with Gasteiger partial charge in [0.15, 0.2) is 0 Å². The maximum absolute atomic E-state index is 12.7. The standard InChI is InChI=1S/C21H24N4O/c1-15-12-17-14-22-24-20(17)19(13-15)21(26)23-18-6-4-16(5-7-18)8-11-25-9-2-3-10-25/h4-7,12-14H,2-3,8-11H2,1H3,(H,22,24)(H,23,26). The van der Waals surface area contributed by atoms with Gasteiger partial charge >= 0.3 is 0 Å². The van der Waals surface area contributed by atoms with Crippen LogP contribution in [0.1, 0.15) is 34.3 Å². The highest BCUT2D eigenvalue weighted by atomic mass is 16.1. The number of aromatic amines is 1. The zero-order valence-corrected chi connectivity index (χ0v) is 15.1. The Kier molecular flexibility index (Phi) is 4.71. The summed E-state index contributed by atoms with van der Waals surface area (Å²) >= 11 is 0. The van der Waals surface area contributed by atoms with Crippen LogP contribution in [0.5, 0.6) is 0 Å². The van der Waals surface area contributed by atoms with Crippen molar-refractivity contribution in [2.45, 2.75) is 26.2 Å². The van der Waals surface area contributed by atoms with Gasteiger partial charge in [0.05, 0.1) is 17.3 Å². The van der Waals surface area contributed by atoms with Gasteiger partial charge in [0.25, 0.3) is 5.91 Å². The largest absolute Gasteiger partial charge is 0.322 e. The Morgan fingerprint density at radius 2 is 1.96 bits per heavy atom. The maximum Gasteiger partial charge on any atom is 0.257 e. The Labute approximate surface area is 153 Å². The summed E-state index contributed by atoms with van der Waals surface area (Å²) in [6.45, 7) is 5.56. The summed E-state index contributed by atoms with van der Waals surface area (Å²) in [5, 5.41) is 10.9. The van der Waals surface area contributed by atoms with Gasteiger partial charge in [-0.15, -0.1) is 0 Å². The lowest BCUT2D eigenvalue weighted by Gasteiger charge is -2.14. The van der Waals surface area contributed by atoms with E-state index in [4.69, 9.17) is 0 Å². The maximum atomic E-state index is 12.7. The van der Waals surface area contributed by atoms with Crippen LogP contribution >= 0.6 is 0 Å². The number of nitrogens with zero attached hydrogens (tertiary/aromatic N) is 2. The Balaban J connectivity index is 1.43. The number of H-pyrrole nitrogens is 1. The van der Waals surface area contributed by atoms with Crippen molar-refractivity contribution in [2.24, 2.45) is 0 Å². The molecule has 0 unspecified atom stereocenters. The number of fused-ring (bicyclic) bond motifs is 1. The van der Waals surface area contributed by atoms with Crippen LogP contribution in [-0.4, -0.2) is 40.6 Å². The monoisotopic (exact) mass is 348 g/mol. The van der Waals surface area contributed by atoms with Crippen molar-refractivity contribution in [3.05, 3.63) is 59.3 Å². The second-order valence-electron chi connectivity index (χ2n) is 7.10. The quantitative estimate of drug-likeness (QED) is 0.738. The molecule has 2 aromatic carbocycles. The van der Waals surface area contributed by atoms with E-state index in [0.717, 1.165) is 35.1 Å². The topological polar surface area (TPSA) is 61.0 Å². The van der Waals surface area contributed by atoms with Crippen LogP contribution in [-0.2, 0) is 6.42 Å². The molecule has 3 aromatic rings. The van der Waals surface area contributed by atoms with Crippen LogP contribution in [0.2, 0.25) is 0 Å². The third-order valence-electron chi connectivity index (χ3n) is 5.07. The number of likely N-dealkylation sites (tertiary alicyclic amines) is 1. The number of amides is 1. The zero-order valence-electron chi connectivity index (χ0n) is 15.1. The number of carbonyl (C=O) groups excluding carboxylic acids is 1. The summed E-state index contributed by atoms with van der Waals surface area (Å²) in [4.78, 5) is 15.2. The molecule has 1 amide bonds. The zero-order chi connectivity index (χ0) is 17.9. The predicted molar refractivity (Wildman–Crippen MR) is 105 cm³/mol. The van der Waals surface area contributed by atoms with Gasteiger partial charge in [0, 0.05) is 17.6 Å². The Morgan fingerprint density at radius 3 is 2.73 bits per heavy atom. The summed E-state index contributed by atoms with van der Waals surface area (Å²) in [5.41, 5.74) is 4.56. The van der Waals surface area contributed by atoms with E-state index < -0.39 is 0 Å². The molecule has 1 fully saturated rings. The molecule has 5 heteroatoms. The smallest absolute Gasteiger partial charge is 0.257 e. The average molecular weight is 348 g/mol. The molecule has 1 saturated heterocycles. The SMILES string of the molecule is Cc1cc(C(=O)Nc2ccc(CCN3CCCC3)cc2)c2[nH]ncc2c1. The molecule has 0 saturated carbocycles. The molecule has 5 nitrogen and oxygen atoms in total. The van der Waals surface area contributed by atoms with Crippen LogP contribution < -0.4 is 5.32 Å². The molecule has 2 heterocycles. The van der Waals surface area contributed by atoms with Gasteiger partial charge in [-0.2, -0.15) is 5.10 Å². The second-order valence-corrected chi connectivity index (χ2v) is 7.10. The molecule has 1 aliphatic heterocycles. The molecule has 1 aliphatic rings. The number of aromatic nitrogens is 2. The summed E-state index contributed by atoms with van der Waals surface area (Å²) < 4.78 is 0. The van der Waals surface area contributed by atoms with Crippen molar-refractivity contribution in [3.63, 3.8) is 0 Å². The second kappa shape index (κ2) is 7.30. The fraction of sp³-hybridized carbons (Fsp3) is 0.333. The lowest BCUT2D eigenvalue weighted by molar-refractivity contribution is 0.102. The minimum absolute atomic E-state index is 0.118. The number of nitrogens with one attached hydrogen (secondary N) is 2. The van der Waals surface area contributed by atoms with Gasteiger partial charge in [-0.1, -0.05) is 12.1 Å². The number of hydrogen-bond acceptors (Lipinski definition) is 3. The Hall–Kier alpha value is -2.66. The molecule has 2 N–H and O–H groups in total. The Morgan fingerprint density at radius 1 is 1.19 bits per heavy atom. The van der Waals surface area contributed by atoms with Crippen molar-refractivity contribution < 1.29 is 4.79 Å². The first-order chi connectivity index (χ1) is 12.7. The van der Waals surface area contributed by atoms with Crippen molar-refractivity contribution in [2.75, 3.05) is 25.0 Å². The minimum Gasteiger partial charge on any atom is -0.322 e. The van der Waals surface area contributed by atoms with Crippen LogP contribution in [0.15, 0.2) is 42.6 Å². The number of aryl methyl sites for hydroxylation is 1. The lowest BCUT2D eigenvalue weighted by atomic mass is 10.1. The van der Waals surface area contributed by atoms with Gasteiger partial charge in [0.2, 0.25) is 0 Å². The van der Waals surface area contributed by atoms with Crippen LogP contribution in [0.3, 0.4) is 0 Å². The molecule has 0 bridgehead atoms. The van der Waals surface area contributed by atoms with E-state index >= 15 is 0 Å². The van der Waals surface area contributed by atoms with Crippen molar-refractivity contribution in [1.82, 2.24) is 15.1 Å². The predicted octanol–water partition coefficient (Wildman–Crippen LogP) is 3.76. The average Bonchev–Trinajstić information content (AvgIpc) is 3.31. The summed E-state index contributed by atoms with van der Waals surface area (Å²) in [7, 11) is 0. The molecule has 26 heavy (non-hydrogen) atoms. The third kappa shape index (κ3) is 3.63. The molecular formula is C21H24N4O. The molecule has 1 aromatic heterocycles. The van der Waals surface area contributed by atoms with Gasteiger partial charge in [-0.3, -0.25) is 9.89 Å². The van der Waals surface area contributed by atoms with E-state index in [1.54, 1.807) is 6.20 Å². The van der Waals surface area contributed by atoms with Gasteiger partial charge in [0.1, 0.15) is 0 Å². The molecular weight excluding hydrogens is 324 g/mol. The fourth-order valence-corrected chi connectivity index (χ4v) is 3.63. The third-order valence-corrected chi connectivity index (χ3v) is 5.07. The normalized spacial score (nSPS) is 14.8. The Bertz CT molecular complexity index is 907. The van der Waals surface area contributed by atoms with E-state index in [0.29, 0.717) is 5.56 Å². The molecule has 4 rings (SSSR count). The van der Waals surface area contributed by atoms with E-state index in [1.807, 2.05) is 31.2 Å². The van der Waals surface area contributed by atoms with Crippen LogP contribution in [0.25, 0.3) is 10.9 Å². The van der Waals surface area contributed by atoms with E-state index in [9.17, 15) is 4.79 Å². The number of rotatable bonds is 5. The van der Waals surface area contributed by atoms with E-state index in [2.05, 4.69) is 32.5 Å². The number of carbonyl (C=O) groups is 1. The summed E-state index contributed by atoms with van der Waals surface area (Å²) in [6, 6.07) is 12.1. The first-order valence-corrected chi connectivity index (χ1v) is 9.25. The first kappa shape index (κ1) is 16.8. The highest BCUT2D eigenvalue weighted by Crippen LogP contribution is 2.20. The van der Waals surface area contributed by atoms with Crippen LogP contribution in [0.4, 0.5) is 5.69 Å². The fourth-order valence-electron chi connectivity index (χ4n) is 3.63. The molecule has 134 valence electrons. The highest BCUT2D eigenvalue weighted by molar-refractivity contribution is 6.12. The molecule has 0 aliphatic carbocycles. The lowest BCUT2D eigenvalue weighted by Crippen LogP contribution is -2.21. The number of benzene rings is 2. The molecule has 0 atom stereocenters. The summed E-state index contributed by atoms with van der Waals surface area (Å²) in [6.07, 6.45) is 5.45. The molecule has 0 radical (unpaired) electrons. The van der Waals surface area contributed by atoms with Gasteiger partial charge in [-0.25, -0.2) is 0 Å². The number of anilines is 1. The summed E-state index contributed by atoms with van der Waals surface area (Å²) in [5.74, 6) is -0.118. The first-order valence-electron chi connectivity index (χ1n) is 9.25.